The zero-order valence-electron chi connectivity index (χ0n) is 16.1. The van der Waals surface area contributed by atoms with E-state index in [-0.39, 0.29) is 10.8 Å². The van der Waals surface area contributed by atoms with Crippen molar-refractivity contribution in [3.8, 4) is 0 Å². The molecule has 1 unspecified atom stereocenters. The van der Waals surface area contributed by atoms with Gasteiger partial charge in [0.25, 0.3) is 0 Å². The monoisotopic (exact) mass is 398 g/mol. The van der Waals surface area contributed by atoms with Gasteiger partial charge in [0.2, 0.25) is 5.91 Å². The first-order chi connectivity index (χ1) is 13.4. The third-order valence-corrected chi connectivity index (χ3v) is 6.77. The number of benzene rings is 2. The Kier molecular flexibility index (Phi) is 5.25. The topological polar surface area (TPSA) is 66.5 Å². The van der Waals surface area contributed by atoms with Crippen LogP contribution >= 0.6 is 0 Å². The zero-order valence-corrected chi connectivity index (χ0v) is 16.9. The Hall–Kier alpha value is -2.18. The van der Waals surface area contributed by atoms with E-state index >= 15 is 0 Å². The van der Waals surface area contributed by atoms with Crippen LogP contribution in [0.5, 0.6) is 0 Å². The van der Waals surface area contributed by atoms with Gasteiger partial charge < -0.3 is 5.32 Å². The van der Waals surface area contributed by atoms with Crippen LogP contribution in [0.4, 0.5) is 5.69 Å². The Balaban J connectivity index is 1.47. The van der Waals surface area contributed by atoms with Gasteiger partial charge in [-0.1, -0.05) is 24.3 Å². The van der Waals surface area contributed by atoms with E-state index in [0.717, 1.165) is 32.1 Å². The summed E-state index contributed by atoms with van der Waals surface area (Å²) in [6.07, 6.45) is 6.83. The number of amides is 1. The van der Waals surface area contributed by atoms with Crippen molar-refractivity contribution < 1.29 is 13.2 Å². The molecule has 0 bridgehead atoms. The maximum Gasteiger partial charge on any atom is 0.238 e. The highest BCUT2D eigenvalue weighted by Crippen LogP contribution is 2.40. The van der Waals surface area contributed by atoms with Crippen LogP contribution in [0.1, 0.15) is 42.9 Å². The SMILES string of the molecule is CS(=O)(=O)c1ccc(NC(=O)CN(C2CC2)C2CCCc3ccccc32)cc1. The maximum atomic E-state index is 12.7. The number of hydrogen-bond donors (Lipinski definition) is 1. The Morgan fingerprint density at radius 1 is 1.07 bits per heavy atom. The van der Waals surface area contributed by atoms with Gasteiger partial charge in [-0.15, -0.1) is 0 Å². The molecule has 0 aliphatic heterocycles. The molecule has 0 radical (unpaired) electrons. The van der Waals surface area contributed by atoms with Crippen LogP contribution in [-0.2, 0) is 21.1 Å². The predicted octanol–water partition coefficient (Wildman–Crippen LogP) is 3.57. The summed E-state index contributed by atoms with van der Waals surface area (Å²) in [4.78, 5) is 15.3. The van der Waals surface area contributed by atoms with E-state index in [0.29, 0.717) is 24.3 Å². The molecule has 1 N–H and O–H groups in total. The normalized spacial score (nSPS) is 19.3. The third-order valence-electron chi connectivity index (χ3n) is 5.65. The number of nitrogens with zero attached hydrogens (tertiary/aromatic N) is 1. The minimum absolute atomic E-state index is 0.0536. The molecule has 1 saturated carbocycles. The summed E-state index contributed by atoms with van der Waals surface area (Å²) in [6.45, 7) is 0.359. The molecular formula is C22H26N2O3S. The average molecular weight is 399 g/mol. The van der Waals surface area contributed by atoms with Crippen LogP contribution < -0.4 is 5.32 Å². The second-order valence-electron chi connectivity index (χ2n) is 7.86. The maximum absolute atomic E-state index is 12.7. The lowest BCUT2D eigenvalue weighted by Gasteiger charge is -2.35. The van der Waals surface area contributed by atoms with Crippen molar-refractivity contribution in [2.24, 2.45) is 0 Å². The van der Waals surface area contributed by atoms with Gasteiger partial charge in [-0.3, -0.25) is 9.69 Å². The van der Waals surface area contributed by atoms with Crippen molar-refractivity contribution in [3.63, 3.8) is 0 Å². The summed E-state index contributed by atoms with van der Waals surface area (Å²) >= 11 is 0. The summed E-state index contributed by atoms with van der Waals surface area (Å²) < 4.78 is 23.2. The van der Waals surface area contributed by atoms with Crippen LogP contribution in [0.15, 0.2) is 53.4 Å². The number of anilines is 1. The summed E-state index contributed by atoms with van der Waals surface area (Å²) in [7, 11) is -3.23. The number of rotatable bonds is 6. The van der Waals surface area contributed by atoms with E-state index in [1.807, 2.05) is 0 Å². The highest BCUT2D eigenvalue weighted by atomic mass is 32.2. The molecule has 2 aromatic rings. The molecule has 0 spiro atoms. The van der Waals surface area contributed by atoms with Gasteiger partial charge in [0.15, 0.2) is 9.84 Å². The molecule has 5 nitrogen and oxygen atoms in total. The van der Waals surface area contributed by atoms with Crippen molar-refractivity contribution in [2.45, 2.75) is 49.1 Å². The number of carbonyl (C=O) groups excluding carboxylic acids is 1. The van der Waals surface area contributed by atoms with Gasteiger partial charge in [-0.2, -0.15) is 0 Å². The Labute approximate surface area is 166 Å². The van der Waals surface area contributed by atoms with Crippen LogP contribution in [0.2, 0.25) is 0 Å². The third kappa shape index (κ3) is 4.28. The molecule has 28 heavy (non-hydrogen) atoms. The number of hydrogen-bond acceptors (Lipinski definition) is 4. The van der Waals surface area contributed by atoms with E-state index in [2.05, 4.69) is 34.5 Å². The summed E-state index contributed by atoms with van der Waals surface area (Å²) in [6, 6.07) is 15.7. The Morgan fingerprint density at radius 2 is 1.79 bits per heavy atom. The van der Waals surface area contributed by atoms with Crippen molar-refractivity contribution in [1.29, 1.82) is 0 Å². The smallest absolute Gasteiger partial charge is 0.238 e. The summed E-state index contributed by atoms with van der Waals surface area (Å²) in [5.41, 5.74) is 3.39. The molecule has 1 amide bonds. The quantitative estimate of drug-likeness (QED) is 0.808. The fourth-order valence-electron chi connectivity index (χ4n) is 4.12. The lowest BCUT2D eigenvalue weighted by molar-refractivity contribution is -0.118. The molecular weight excluding hydrogens is 372 g/mol. The largest absolute Gasteiger partial charge is 0.325 e. The summed E-state index contributed by atoms with van der Waals surface area (Å²) in [5, 5.41) is 2.92. The lowest BCUT2D eigenvalue weighted by Crippen LogP contribution is -2.39. The van der Waals surface area contributed by atoms with E-state index < -0.39 is 9.84 Å². The first kappa shape index (κ1) is 19.2. The standard InChI is InChI=1S/C22H26N2O3S/c1-28(26,27)19-13-9-17(10-14-19)23-22(25)15-24(18-11-12-18)21-8-4-6-16-5-2-3-7-20(16)21/h2-3,5,7,9-10,13-14,18,21H,4,6,8,11-12,15H2,1H3,(H,23,25). The van der Waals surface area contributed by atoms with Crippen LogP contribution in [0, 0.1) is 0 Å². The minimum Gasteiger partial charge on any atom is -0.325 e. The zero-order chi connectivity index (χ0) is 19.7. The van der Waals surface area contributed by atoms with E-state index in [1.165, 1.54) is 29.5 Å². The number of sulfone groups is 1. The molecule has 0 saturated heterocycles. The first-order valence-corrected chi connectivity index (χ1v) is 11.7. The number of fused-ring (bicyclic) bond motifs is 1. The van der Waals surface area contributed by atoms with Crippen LogP contribution in [-0.4, -0.2) is 38.1 Å². The molecule has 4 rings (SSSR count). The Morgan fingerprint density at radius 3 is 2.46 bits per heavy atom. The predicted molar refractivity (Wildman–Crippen MR) is 110 cm³/mol. The van der Waals surface area contributed by atoms with Crippen molar-refractivity contribution in [2.75, 3.05) is 18.1 Å². The van der Waals surface area contributed by atoms with Gasteiger partial charge in [0, 0.05) is 24.0 Å². The number of nitrogens with one attached hydrogen (secondary N) is 1. The highest BCUT2D eigenvalue weighted by Gasteiger charge is 2.37. The minimum atomic E-state index is -3.23. The van der Waals surface area contributed by atoms with Crippen molar-refractivity contribution in [1.82, 2.24) is 4.90 Å². The molecule has 0 aromatic heterocycles. The van der Waals surface area contributed by atoms with Gasteiger partial charge in [-0.05, 0) is 67.5 Å². The van der Waals surface area contributed by atoms with Gasteiger partial charge in [0.05, 0.1) is 11.4 Å². The molecule has 1 fully saturated rings. The second-order valence-corrected chi connectivity index (χ2v) is 9.87. The molecule has 148 valence electrons. The van der Waals surface area contributed by atoms with Crippen molar-refractivity contribution >= 4 is 21.4 Å². The molecule has 6 heteroatoms. The van der Waals surface area contributed by atoms with E-state index in [9.17, 15) is 13.2 Å². The van der Waals surface area contributed by atoms with E-state index in [4.69, 9.17) is 0 Å². The Bertz CT molecular complexity index is 966. The van der Waals surface area contributed by atoms with Crippen LogP contribution in [0.25, 0.3) is 0 Å². The highest BCUT2D eigenvalue weighted by molar-refractivity contribution is 7.90. The molecule has 2 aromatic carbocycles. The average Bonchev–Trinajstić information content (AvgIpc) is 3.51. The summed E-state index contributed by atoms with van der Waals surface area (Å²) in [5.74, 6) is -0.0536. The van der Waals surface area contributed by atoms with Crippen LogP contribution in [0.3, 0.4) is 0 Å². The molecule has 2 aliphatic carbocycles. The second kappa shape index (κ2) is 7.68. The van der Waals surface area contributed by atoms with Crippen molar-refractivity contribution in [3.05, 3.63) is 59.7 Å². The van der Waals surface area contributed by atoms with Gasteiger partial charge in [0.1, 0.15) is 0 Å². The number of aryl methyl sites for hydroxylation is 1. The molecule has 0 heterocycles. The fraction of sp³-hybridized carbons (Fsp3) is 0.409. The fourth-order valence-corrected chi connectivity index (χ4v) is 4.76. The van der Waals surface area contributed by atoms with E-state index in [1.54, 1.807) is 12.1 Å². The molecule has 2 aliphatic rings. The van der Waals surface area contributed by atoms with Gasteiger partial charge in [-0.25, -0.2) is 8.42 Å². The lowest BCUT2D eigenvalue weighted by atomic mass is 9.86. The van der Waals surface area contributed by atoms with Gasteiger partial charge >= 0.3 is 0 Å². The first-order valence-electron chi connectivity index (χ1n) is 9.85. The number of carbonyl (C=O) groups is 1. The molecule has 1 atom stereocenters.